The van der Waals surface area contributed by atoms with Crippen molar-refractivity contribution in [3.05, 3.63) is 41.3 Å². The van der Waals surface area contributed by atoms with E-state index in [0.29, 0.717) is 22.8 Å². The molecule has 0 radical (unpaired) electrons. The average molecular weight is 373 g/mol. The van der Waals surface area contributed by atoms with Crippen LogP contribution in [0.25, 0.3) is 0 Å². The van der Waals surface area contributed by atoms with Crippen LogP contribution in [0.3, 0.4) is 0 Å². The molecular formula is C19H23N3O5. The van der Waals surface area contributed by atoms with Crippen LogP contribution in [0, 0.1) is 6.92 Å². The van der Waals surface area contributed by atoms with E-state index in [9.17, 15) is 14.4 Å². The molecule has 0 unspecified atom stereocenters. The topological polar surface area (TPSA) is 111 Å². The number of rotatable bonds is 6. The first kappa shape index (κ1) is 20.2. The smallest absolute Gasteiger partial charge is 0.344 e. The molecule has 2 amide bonds. The SMILES string of the molecule is CC(=O)Nc1ccc(NC(=O)[C@H](C)OC(=O)c2c(C)noc2C(C)C)cc1. The molecule has 144 valence electrons. The van der Waals surface area contributed by atoms with E-state index in [2.05, 4.69) is 15.8 Å². The Kier molecular flexibility index (Phi) is 6.33. The number of aryl methyl sites for hydroxylation is 1. The first-order chi connectivity index (χ1) is 12.7. The number of carbonyl (C=O) groups excluding carboxylic acids is 3. The summed E-state index contributed by atoms with van der Waals surface area (Å²) in [6, 6.07) is 6.59. The number of hydrogen-bond acceptors (Lipinski definition) is 6. The van der Waals surface area contributed by atoms with Crippen molar-refractivity contribution in [1.29, 1.82) is 0 Å². The van der Waals surface area contributed by atoms with E-state index >= 15 is 0 Å². The van der Waals surface area contributed by atoms with Gasteiger partial charge in [0, 0.05) is 24.2 Å². The van der Waals surface area contributed by atoms with E-state index in [-0.39, 0.29) is 17.4 Å². The quantitative estimate of drug-likeness (QED) is 0.752. The van der Waals surface area contributed by atoms with Crippen LogP contribution < -0.4 is 10.6 Å². The van der Waals surface area contributed by atoms with E-state index in [4.69, 9.17) is 9.26 Å². The van der Waals surface area contributed by atoms with E-state index in [0.717, 1.165) is 0 Å². The van der Waals surface area contributed by atoms with Gasteiger partial charge in [0.1, 0.15) is 5.56 Å². The summed E-state index contributed by atoms with van der Waals surface area (Å²) in [5, 5.41) is 9.09. The molecule has 0 fully saturated rings. The third kappa shape index (κ3) is 5.16. The standard InChI is InChI=1S/C19H23N3O5/c1-10(2)17-16(11(3)22-27-17)19(25)26-12(4)18(24)21-15-8-6-14(7-9-15)20-13(5)23/h6-10,12H,1-5H3,(H,20,23)(H,21,24)/t12-/m0/s1. The summed E-state index contributed by atoms with van der Waals surface area (Å²) in [4.78, 5) is 35.7. The van der Waals surface area contributed by atoms with Crippen LogP contribution in [0.1, 0.15) is 55.4 Å². The molecule has 0 saturated heterocycles. The van der Waals surface area contributed by atoms with Crippen LogP contribution in [-0.4, -0.2) is 29.0 Å². The van der Waals surface area contributed by atoms with Gasteiger partial charge >= 0.3 is 5.97 Å². The van der Waals surface area contributed by atoms with Gasteiger partial charge in [-0.1, -0.05) is 19.0 Å². The predicted octanol–water partition coefficient (Wildman–Crippen LogP) is 3.25. The fraction of sp³-hybridized carbons (Fsp3) is 0.368. The maximum absolute atomic E-state index is 12.4. The summed E-state index contributed by atoms with van der Waals surface area (Å²) in [6.45, 7) is 8.28. The Balaban J connectivity index is 2.00. The second-order valence-electron chi connectivity index (χ2n) is 6.46. The first-order valence-electron chi connectivity index (χ1n) is 8.54. The predicted molar refractivity (Wildman–Crippen MR) is 99.6 cm³/mol. The number of aromatic nitrogens is 1. The number of benzene rings is 1. The summed E-state index contributed by atoms with van der Waals surface area (Å²) in [5.74, 6) is -0.923. The summed E-state index contributed by atoms with van der Waals surface area (Å²) >= 11 is 0. The second kappa shape index (κ2) is 8.48. The number of esters is 1. The Morgan fingerprint density at radius 2 is 1.59 bits per heavy atom. The van der Waals surface area contributed by atoms with Gasteiger partial charge in [-0.25, -0.2) is 4.79 Å². The van der Waals surface area contributed by atoms with Crippen LogP contribution in [0.15, 0.2) is 28.8 Å². The molecule has 8 heteroatoms. The first-order valence-corrected chi connectivity index (χ1v) is 8.54. The van der Waals surface area contributed by atoms with Crippen molar-refractivity contribution >= 4 is 29.2 Å². The van der Waals surface area contributed by atoms with E-state index in [1.807, 2.05) is 13.8 Å². The molecule has 2 rings (SSSR count). The molecule has 0 aliphatic rings. The van der Waals surface area contributed by atoms with Crippen LogP contribution in [-0.2, 0) is 14.3 Å². The van der Waals surface area contributed by atoms with Crippen molar-refractivity contribution in [3.8, 4) is 0 Å². The van der Waals surface area contributed by atoms with Crippen molar-refractivity contribution in [1.82, 2.24) is 5.16 Å². The maximum atomic E-state index is 12.4. The summed E-state index contributed by atoms with van der Waals surface area (Å²) in [6.07, 6.45) is -1.01. The minimum Gasteiger partial charge on any atom is -0.449 e. The zero-order valence-corrected chi connectivity index (χ0v) is 16.0. The molecule has 0 spiro atoms. The summed E-state index contributed by atoms with van der Waals surface area (Å²) in [7, 11) is 0. The van der Waals surface area contributed by atoms with E-state index in [1.165, 1.54) is 13.8 Å². The molecule has 0 bridgehead atoms. The minimum absolute atomic E-state index is 0.0417. The normalized spacial score (nSPS) is 11.8. The molecule has 0 aliphatic heterocycles. The van der Waals surface area contributed by atoms with Gasteiger partial charge in [-0.15, -0.1) is 0 Å². The molecule has 1 atom stereocenters. The van der Waals surface area contributed by atoms with Gasteiger partial charge in [-0.2, -0.15) is 0 Å². The molecule has 0 aliphatic carbocycles. The largest absolute Gasteiger partial charge is 0.449 e. The molecule has 1 heterocycles. The second-order valence-corrected chi connectivity index (χ2v) is 6.46. The fourth-order valence-electron chi connectivity index (χ4n) is 2.39. The van der Waals surface area contributed by atoms with Crippen molar-refractivity contribution in [2.45, 2.75) is 46.6 Å². The van der Waals surface area contributed by atoms with Gasteiger partial charge in [-0.3, -0.25) is 9.59 Å². The lowest BCUT2D eigenvalue weighted by Crippen LogP contribution is -2.30. The Morgan fingerprint density at radius 3 is 2.11 bits per heavy atom. The fourth-order valence-corrected chi connectivity index (χ4v) is 2.39. The van der Waals surface area contributed by atoms with Crippen molar-refractivity contribution in [2.24, 2.45) is 0 Å². The van der Waals surface area contributed by atoms with Gasteiger partial charge < -0.3 is 19.9 Å². The van der Waals surface area contributed by atoms with Gasteiger partial charge in [0.2, 0.25) is 5.91 Å². The number of ether oxygens (including phenoxy) is 1. The number of nitrogens with zero attached hydrogens (tertiary/aromatic N) is 1. The Hall–Kier alpha value is -3.16. The summed E-state index contributed by atoms with van der Waals surface area (Å²) in [5.41, 5.74) is 1.80. The van der Waals surface area contributed by atoms with Crippen molar-refractivity contribution < 1.29 is 23.6 Å². The molecule has 8 nitrogen and oxygen atoms in total. The Morgan fingerprint density at radius 1 is 1.04 bits per heavy atom. The molecule has 2 aromatic rings. The van der Waals surface area contributed by atoms with Crippen molar-refractivity contribution in [2.75, 3.05) is 10.6 Å². The number of amides is 2. The van der Waals surface area contributed by atoms with Gasteiger partial charge in [0.15, 0.2) is 11.9 Å². The minimum atomic E-state index is -1.01. The Labute approximate surface area is 157 Å². The number of nitrogens with one attached hydrogen (secondary N) is 2. The van der Waals surface area contributed by atoms with Crippen LogP contribution in [0.2, 0.25) is 0 Å². The number of carbonyl (C=O) groups is 3. The average Bonchev–Trinajstić information content (AvgIpc) is 2.98. The monoisotopic (exact) mass is 373 g/mol. The zero-order valence-electron chi connectivity index (χ0n) is 16.0. The molecular weight excluding hydrogens is 350 g/mol. The lowest BCUT2D eigenvalue weighted by molar-refractivity contribution is -0.123. The van der Waals surface area contributed by atoms with Crippen LogP contribution in [0.5, 0.6) is 0 Å². The van der Waals surface area contributed by atoms with E-state index in [1.54, 1.807) is 31.2 Å². The third-order valence-corrected chi connectivity index (χ3v) is 3.74. The van der Waals surface area contributed by atoms with Gasteiger partial charge in [-0.05, 0) is 38.1 Å². The highest BCUT2D eigenvalue weighted by Crippen LogP contribution is 2.23. The highest BCUT2D eigenvalue weighted by atomic mass is 16.5. The molecule has 27 heavy (non-hydrogen) atoms. The zero-order chi connectivity index (χ0) is 20.1. The highest BCUT2D eigenvalue weighted by molar-refractivity contribution is 5.98. The van der Waals surface area contributed by atoms with E-state index < -0.39 is 18.0 Å². The number of hydrogen-bond donors (Lipinski definition) is 2. The highest BCUT2D eigenvalue weighted by Gasteiger charge is 2.27. The van der Waals surface area contributed by atoms with Gasteiger partial charge in [0.25, 0.3) is 5.91 Å². The van der Waals surface area contributed by atoms with Crippen molar-refractivity contribution in [3.63, 3.8) is 0 Å². The Bertz CT molecular complexity index is 840. The third-order valence-electron chi connectivity index (χ3n) is 3.74. The molecule has 2 N–H and O–H groups in total. The van der Waals surface area contributed by atoms with Crippen LogP contribution >= 0.6 is 0 Å². The lowest BCUT2D eigenvalue weighted by Gasteiger charge is -2.14. The summed E-state index contributed by atoms with van der Waals surface area (Å²) < 4.78 is 10.4. The molecule has 1 aromatic heterocycles. The molecule has 1 aromatic carbocycles. The lowest BCUT2D eigenvalue weighted by atomic mass is 10.1. The van der Waals surface area contributed by atoms with Crippen LogP contribution in [0.4, 0.5) is 11.4 Å². The van der Waals surface area contributed by atoms with Gasteiger partial charge in [0.05, 0.1) is 5.69 Å². The maximum Gasteiger partial charge on any atom is 0.344 e. The molecule has 0 saturated carbocycles. The number of anilines is 2.